The highest BCUT2D eigenvalue weighted by molar-refractivity contribution is 7.25. The molecule has 0 saturated carbocycles. The zero-order chi connectivity index (χ0) is 44.0. The summed E-state index contributed by atoms with van der Waals surface area (Å²) in [4.78, 5) is 4.91. The van der Waals surface area contributed by atoms with Gasteiger partial charge in [0.05, 0.1) is 6.54 Å². The molecule has 0 unspecified atom stereocenters. The van der Waals surface area contributed by atoms with E-state index in [1.807, 2.05) is 67.0 Å². The molecule has 65 heavy (non-hydrogen) atoms. The lowest BCUT2D eigenvalue weighted by atomic mass is 9.93. The molecule has 0 bridgehead atoms. The standard InChI is InChI=1S/C50H29NO3S.C8H12N2/c1-3-13-40-35(9-1)36-21-18-29(24-45(36)53-40)27-51-28-32-8-5-14-42-48(32)39-25-30(20-23-41(39)52-42)33-11-6-15-43-49(33)50-34(12-7-16-44(50)54-43)31-19-22-38-37-10-2-4-17-46(37)55-47(38)26-31;1-3-5-6-7(4-2)8(9)10/h1-26,28H,27H2;3-6H,2H2,1H3,(H3,9,10)/b;5-3-,7-6+. The molecule has 0 amide bonds. The van der Waals surface area contributed by atoms with E-state index in [-0.39, 0.29) is 5.84 Å². The second-order valence-corrected chi connectivity index (χ2v) is 17.0. The Hall–Kier alpha value is -8.26. The topological polar surface area (TPSA) is 102 Å². The van der Waals surface area contributed by atoms with E-state index < -0.39 is 0 Å². The second-order valence-electron chi connectivity index (χ2n) is 16.0. The first-order chi connectivity index (χ1) is 31.9. The predicted octanol–water partition coefficient (Wildman–Crippen LogP) is 16.3. The van der Waals surface area contributed by atoms with Crippen LogP contribution in [0.3, 0.4) is 0 Å². The van der Waals surface area contributed by atoms with E-state index in [4.69, 9.17) is 29.4 Å². The maximum absolute atomic E-state index is 7.03. The summed E-state index contributed by atoms with van der Waals surface area (Å²) < 4.78 is 21.7. The van der Waals surface area contributed by atoms with Gasteiger partial charge in [-0.05, 0) is 89.3 Å². The lowest BCUT2D eigenvalue weighted by Gasteiger charge is -2.08. The molecule has 4 aromatic heterocycles. The Labute approximate surface area is 378 Å². The number of furan rings is 3. The molecule has 0 aliphatic heterocycles. The summed E-state index contributed by atoms with van der Waals surface area (Å²) >= 11 is 1.84. The highest BCUT2D eigenvalue weighted by Crippen LogP contribution is 2.44. The summed E-state index contributed by atoms with van der Waals surface area (Å²) in [7, 11) is 0. The van der Waals surface area contributed by atoms with Crippen molar-refractivity contribution in [3.8, 4) is 22.3 Å². The van der Waals surface area contributed by atoms with Crippen LogP contribution in [-0.4, -0.2) is 12.1 Å². The largest absolute Gasteiger partial charge is 0.456 e. The summed E-state index contributed by atoms with van der Waals surface area (Å²) in [5.74, 6) is 0.0492. The maximum Gasteiger partial charge on any atom is 0.136 e. The van der Waals surface area contributed by atoms with Crippen LogP contribution in [0.1, 0.15) is 18.1 Å². The molecule has 0 atom stereocenters. The SMILES string of the molecule is C(=NCc1ccc2c(c1)oc1ccccc12)c1cccc2oc3ccc(-c4cccc5oc6cccc(-c7ccc8c(c7)sc7ccccc78)c6c45)cc3c12.C=C/C(=C\C=C/C)C(=N)N. The number of amidine groups is 1. The quantitative estimate of drug-likeness (QED) is 0.0902. The van der Waals surface area contributed by atoms with Crippen LogP contribution < -0.4 is 5.73 Å². The Balaban J connectivity index is 0.000000423. The fourth-order valence-corrected chi connectivity index (χ4v) is 10.1. The number of aliphatic imine (C=N–C) groups is 1. The van der Waals surface area contributed by atoms with Crippen LogP contribution in [0, 0.1) is 5.41 Å². The van der Waals surface area contributed by atoms with Crippen LogP contribution in [0.5, 0.6) is 0 Å². The van der Waals surface area contributed by atoms with Gasteiger partial charge < -0.3 is 19.0 Å². The van der Waals surface area contributed by atoms with Crippen molar-refractivity contribution in [2.45, 2.75) is 13.5 Å². The van der Waals surface area contributed by atoms with Gasteiger partial charge in [-0.15, -0.1) is 11.3 Å². The summed E-state index contributed by atoms with van der Waals surface area (Å²) in [6.07, 6.45) is 8.96. The minimum atomic E-state index is 0.0492. The Morgan fingerprint density at radius 2 is 1.18 bits per heavy atom. The van der Waals surface area contributed by atoms with E-state index in [1.165, 1.54) is 25.7 Å². The lowest BCUT2D eigenvalue weighted by Crippen LogP contribution is -2.10. The maximum atomic E-state index is 7.03. The van der Waals surface area contributed by atoms with Gasteiger partial charge in [-0.3, -0.25) is 10.4 Å². The van der Waals surface area contributed by atoms with Gasteiger partial charge in [0.25, 0.3) is 0 Å². The first kappa shape index (κ1) is 39.6. The van der Waals surface area contributed by atoms with Crippen molar-refractivity contribution >= 4 is 109 Å². The van der Waals surface area contributed by atoms with Crippen LogP contribution in [-0.2, 0) is 6.54 Å². The molecule has 12 rings (SSSR count). The molecular formula is C58H41N3O3S. The van der Waals surface area contributed by atoms with Gasteiger partial charge in [0.1, 0.15) is 39.3 Å². The first-order valence-corrected chi connectivity index (χ1v) is 22.3. The van der Waals surface area contributed by atoms with Crippen molar-refractivity contribution in [3.05, 3.63) is 205 Å². The first-order valence-electron chi connectivity index (χ1n) is 21.5. The number of hydrogen-bond acceptors (Lipinski definition) is 6. The van der Waals surface area contributed by atoms with Gasteiger partial charge in [-0.2, -0.15) is 0 Å². The summed E-state index contributed by atoms with van der Waals surface area (Å²) in [5, 5.41) is 16.2. The van der Waals surface area contributed by atoms with Crippen molar-refractivity contribution in [3.63, 3.8) is 0 Å². The number of allylic oxidation sites excluding steroid dienone is 3. The van der Waals surface area contributed by atoms with Crippen LogP contribution >= 0.6 is 11.3 Å². The van der Waals surface area contributed by atoms with Gasteiger partial charge in [-0.25, -0.2) is 0 Å². The molecule has 312 valence electrons. The van der Waals surface area contributed by atoms with Gasteiger partial charge >= 0.3 is 0 Å². The van der Waals surface area contributed by atoms with E-state index in [0.717, 1.165) is 93.6 Å². The van der Waals surface area contributed by atoms with E-state index in [2.05, 4.69) is 134 Å². The third kappa shape index (κ3) is 7.08. The van der Waals surface area contributed by atoms with Crippen LogP contribution in [0.25, 0.3) is 108 Å². The van der Waals surface area contributed by atoms with Crippen LogP contribution in [0.15, 0.2) is 212 Å². The molecule has 8 aromatic carbocycles. The number of nitrogens with two attached hydrogens (primary N) is 1. The average molecular weight is 860 g/mol. The number of fused-ring (bicyclic) bond motifs is 12. The van der Waals surface area contributed by atoms with E-state index in [0.29, 0.717) is 12.1 Å². The molecule has 0 aliphatic carbocycles. The Morgan fingerprint density at radius 3 is 1.95 bits per heavy atom. The van der Waals surface area contributed by atoms with Crippen molar-refractivity contribution in [2.75, 3.05) is 0 Å². The minimum Gasteiger partial charge on any atom is -0.456 e. The molecule has 0 saturated heterocycles. The minimum absolute atomic E-state index is 0.0492. The van der Waals surface area contributed by atoms with Gasteiger partial charge in [-0.1, -0.05) is 134 Å². The third-order valence-corrected chi connectivity index (χ3v) is 13.1. The fraction of sp³-hybridized carbons (Fsp3) is 0.0345. The Kier molecular flexibility index (Phi) is 10.0. The van der Waals surface area contributed by atoms with E-state index in [1.54, 1.807) is 12.2 Å². The summed E-state index contributed by atoms with van der Waals surface area (Å²) in [6, 6.07) is 55.5. The predicted molar refractivity (Wildman–Crippen MR) is 275 cm³/mol. The number of benzene rings is 8. The second kappa shape index (κ2) is 16.5. The average Bonchev–Trinajstić information content (AvgIpc) is 4.11. The summed E-state index contributed by atoms with van der Waals surface area (Å²) in [5.41, 5.74) is 17.7. The van der Waals surface area contributed by atoms with Gasteiger partial charge in [0, 0.05) is 69.8 Å². The number of rotatable bonds is 8. The number of nitrogens with one attached hydrogen (secondary N) is 1. The van der Waals surface area contributed by atoms with Crippen molar-refractivity contribution < 1.29 is 13.3 Å². The highest BCUT2D eigenvalue weighted by atomic mass is 32.1. The molecule has 6 nitrogen and oxygen atoms in total. The molecular weight excluding hydrogens is 819 g/mol. The molecule has 3 N–H and O–H groups in total. The summed E-state index contributed by atoms with van der Waals surface area (Å²) in [6.45, 7) is 5.95. The molecule has 0 spiro atoms. The van der Waals surface area contributed by atoms with Crippen LogP contribution in [0.4, 0.5) is 0 Å². The normalized spacial score (nSPS) is 12.3. The monoisotopic (exact) mass is 859 g/mol. The zero-order valence-electron chi connectivity index (χ0n) is 35.5. The molecule has 12 aromatic rings. The number of hydrogen-bond donors (Lipinski definition) is 2. The zero-order valence-corrected chi connectivity index (χ0v) is 36.3. The van der Waals surface area contributed by atoms with E-state index >= 15 is 0 Å². The molecule has 0 aliphatic rings. The van der Waals surface area contributed by atoms with Crippen molar-refractivity contribution in [2.24, 2.45) is 10.7 Å². The van der Waals surface area contributed by atoms with Crippen molar-refractivity contribution in [1.29, 1.82) is 5.41 Å². The highest BCUT2D eigenvalue weighted by Gasteiger charge is 2.19. The van der Waals surface area contributed by atoms with Gasteiger partial charge in [0.2, 0.25) is 0 Å². The fourth-order valence-electron chi connectivity index (χ4n) is 8.96. The third-order valence-electron chi connectivity index (χ3n) is 12.0. The molecule has 0 radical (unpaired) electrons. The smallest absolute Gasteiger partial charge is 0.136 e. The van der Waals surface area contributed by atoms with Gasteiger partial charge in [0.15, 0.2) is 0 Å². The lowest BCUT2D eigenvalue weighted by molar-refractivity contribution is 0.668. The number of nitrogens with zero attached hydrogens (tertiary/aromatic N) is 1. The van der Waals surface area contributed by atoms with Crippen LogP contribution in [0.2, 0.25) is 0 Å². The molecule has 4 heterocycles. The Bertz CT molecular complexity index is 3950. The number of para-hydroxylation sites is 1. The number of thiophene rings is 1. The van der Waals surface area contributed by atoms with Crippen molar-refractivity contribution in [1.82, 2.24) is 0 Å². The van der Waals surface area contributed by atoms with E-state index in [9.17, 15) is 0 Å². The molecule has 0 fully saturated rings. The Morgan fingerprint density at radius 1 is 0.585 bits per heavy atom. The molecule has 7 heteroatoms.